The Labute approximate surface area is 112 Å². The minimum atomic E-state index is -0.329. The van der Waals surface area contributed by atoms with Crippen LogP contribution in [0.4, 0.5) is 4.39 Å². The van der Waals surface area contributed by atoms with Gasteiger partial charge in [0, 0.05) is 15.9 Å². The molecule has 0 bridgehead atoms. The van der Waals surface area contributed by atoms with Crippen LogP contribution in [0, 0.1) is 19.7 Å². The van der Waals surface area contributed by atoms with Crippen LogP contribution in [0.3, 0.4) is 0 Å². The number of nitrogens with zero attached hydrogens (tertiary/aromatic N) is 2. The Morgan fingerprint density at radius 1 is 1.28 bits per heavy atom. The van der Waals surface area contributed by atoms with E-state index in [1.165, 1.54) is 16.7 Å². The van der Waals surface area contributed by atoms with Gasteiger partial charge in [0.25, 0.3) is 0 Å². The summed E-state index contributed by atoms with van der Waals surface area (Å²) >= 11 is 3.23. The molecule has 1 aromatic carbocycles. The average Bonchev–Trinajstić information content (AvgIpc) is 2.22. The highest BCUT2D eigenvalue weighted by molar-refractivity contribution is 9.10. The van der Waals surface area contributed by atoms with Crippen molar-refractivity contribution in [3.8, 4) is 0 Å². The summed E-state index contributed by atoms with van der Waals surface area (Å²) in [4.78, 5) is 15.7. The average molecular weight is 311 g/mol. The lowest BCUT2D eigenvalue weighted by molar-refractivity contribution is 0.619. The van der Waals surface area contributed by atoms with Crippen LogP contribution in [0.2, 0.25) is 0 Å². The molecule has 3 nitrogen and oxygen atoms in total. The number of aryl methyl sites for hydroxylation is 2. The second-order valence-electron chi connectivity index (χ2n) is 4.19. The maximum absolute atomic E-state index is 13.3. The molecular formula is C13H12BrFN2O. The van der Waals surface area contributed by atoms with Crippen molar-refractivity contribution in [1.29, 1.82) is 0 Å². The summed E-state index contributed by atoms with van der Waals surface area (Å²) in [7, 11) is 0. The van der Waals surface area contributed by atoms with Gasteiger partial charge in [-0.05, 0) is 43.7 Å². The van der Waals surface area contributed by atoms with Crippen molar-refractivity contribution in [2.45, 2.75) is 20.4 Å². The first-order valence-electron chi connectivity index (χ1n) is 5.46. The van der Waals surface area contributed by atoms with Crippen molar-refractivity contribution in [3.05, 3.63) is 62.0 Å². The van der Waals surface area contributed by atoms with Gasteiger partial charge in [0.1, 0.15) is 5.82 Å². The summed E-state index contributed by atoms with van der Waals surface area (Å²) in [5.74, 6) is -0.329. The smallest absolute Gasteiger partial charge is 0.292 e. The fourth-order valence-electron chi connectivity index (χ4n) is 1.85. The number of halogens is 2. The summed E-state index contributed by atoms with van der Waals surface area (Å²) in [6.45, 7) is 3.93. The molecule has 0 amide bonds. The molecule has 0 saturated heterocycles. The predicted molar refractivity (Wildman–Crippen MR) is 71.2 cm³/mol. The molecule has 0 unspecified atom stereocenters. The van der Waals surface area contributed by atoms with E-state index in [0.717, 1.165) is 11.3 Å². The molecule has 0 fully saturated rings. The van der Waals surface area contributed by atoms with Gasteiger partial charge in [-0.1, -0.05) is 15.9 Å². The highest BCUT2D eigenvalue weighted by atomic mass is 79.9. The standard InChI is InChI=1S/C13H12BrFN2O/c1-8-3-9(2)17(13(18)16-8)7-10-4-11(14)6-12(15)5-10/h3-6H,7H2,1-2H3. The van der Waals surface area contributed by atoms with Crippen molar-refractivity contribution in [1.82, 2.24) is 9.55 Å². The van der Waals surface area contributed by atoms with E-state index in [-0.39, 0.29) is 11.5 Å². The quantitative estimate of drug-likeness (QED) is 0.855. The molecule has 0 aliphatic heterocycles. The highest BCUT2D eigenvalue weighted by Gasteiger charge is 2.05. The summed E-state index contributed by atoms with van der Waals surface area (Å²) in [5, 5.41) is 0. The van der Waals surface area contributed by atoms with Crippen LogP contribution < -0.4 is 5.69 Å². The fraction of sp³-hybridized carbons (Fsp3) is 0.231. The number of hydrogen-bond acceptors (Lipinski definition) is 2. The summed E-state index contributed by atoms with van der Waals surface area (Å²) in [6, 6.07) is 6.41. The van der Waals surface area contributed by atoms with Gasteiger partial charge < -0.3 is 0 Å². The van der Waals surface area contributed by atoms with Gasteiger partial charge in [-0.15, -0.1) is 0 Å². The van der Waals surface area contributed by atoms with Crippen molar-refractivity contribution in [3.63, 3.8) is 0 Å². The monoisotopic (exact) mass is 310 g/mol. The normalized spacial score (nSPS) is 10.7. The van der Waals surface area contributed by atoms with Crippen molar-refractivity contribution in [2.24, 2.45) is 0 Å². The first-order valence-corrected chi connectivity index (χ1v) is 6.25. The lowest BCUT2D eigenvalue weighted by Gasteiger charge is -2.10. The van der Waals surface area contributed by atoms with E-state index in [1.54, 1.807) is 13.0 Å². The first kappa shape index (κ1) is 13.0. The van der Waals surface area contributed by atoms with Gasteiger partial charge in [0.15, 0.2) is 0 Å². The molecule has 0 radical (unpaired) electrons. The maximum atomic E-state index is 13.3. The van der Waals surface area contributed by atoms with E-state index >= 15 is 0 Å². The fourth-order valence-corrected chi connectivity index (χ4v) is 2.36. The van der Waals surface area contributed by atoms with Crippen LogP contribution in [0.1, 0.15) is 17.0 Å². The topological polar surface area (TPSA) is 34.9 Å². The van der Waals surface area contributed by atoms with Gasteiger partial charge in [-0.25, -0.2) is 9.18 Å². The Kier molecular flexibility index (Phi) is 3.61. The van der Waals surface area contributed by atoms with Crippen molar-refractivity contribution in [2.75, 3.05) is 0 Å². The molecule has 94 valence electrons. The second-order valence-corrected chi connectivity index (χ2v) is 5.10. The van der Waals surface area contributed by atoms with Gasteiger partial charge in [0.2, 0.25) is 0 Å². The molecule has 2 rings (SSSR count). The molecule has 0 saturated carbocycles. The van der Waals surface area contributed by atoms with Crippen LogP contribution >= 0.6 is 15.9 Å². The molecule has 2 aromatic rings. The van der Waals surface area contributed by atoms with Crippen LogP contribution in [-0.4, -0.2) is 9.55 Å². The molecule has 0 atom stereocenters. The first-order chi connectivity index (χ1) is 8.45. The second kappa shape index (κ2) is 5.02. The molecule has 5 heteroatoms. The molecule has 0 aliphatic rings. The largest absolute Gasteiger partial charge is 0.348 e. The summed E-state index contributed by atoms with van der Waals surface area (Å²) in [5.41, 5.74) is 1.91. The zero-order chi connectivity index (χ0) is 13.3. The summed E-state index contributed by atoms with van der Waals surface area (Å²) < 4.78 is 15.4. The summed E-state index contributed by atoms with van der Waals surface area (Å²) in [6.07, 6.45) is 0. The molecular weight excluding hydrogens is 299 g/mol. The third-order valence-corrected chi connectivity index (χ3v) is 3.07. The van der Waals surface area contributed by atoms with Gasteiger partial charge >= 0.3 is 5.69 Å². The zero-order valence-corrected chi connectivity index (χ0v) is 11.7. The maximum Gasteiger partial charge on any atom is 0.348 e. The minimum absolute atomic E-state index is 0.312. The Morgan fingerprint density at radius 2 is 2.00 bits per heavy atom. The van der Waals surface area contributed by atoms with E-state index in [2.05, 4.69) is 20.9 Å². The lowest BCUT2D eigenvalue weighted by Crippen LogP contribution is -2.26. The van der Waals surface area contributed by atoms with E-state index in [0.29, 0.717) is 16.7 Å². The Hall–Kier alpha value is -1.49. The third kappa shape index (κ3) is 2.85. The van der Waals surface area contributed by atoms with Gasteiger partial charge in [0.05, 0.1) is 6.54 Å². The third-order valence-electron chi connectivity index (χ3n) is 2.61. The molecule has 1 aromatic heterocycles. The van der Waals surface area contributed by atoms with Crippen LogP contribution in [0.25, 0.3) is 0 Å². The zero-order valence-electron chi connectivity index (χ0n) is 10.1. The number of rotatable bonds is 2. The number of benzene rings is 1. The van der Waals surface area contributed by atoms with E-state index in [4.69, 9.17) is 0 Å². The SMILES string of the molecule is Cc1cc(C)n(Cc2cc(F)cc(Br)c2)c(=O)n1. The van der Waals surface area contributed by atoms with Crippen LogP contribution in [0.5, 0.6) is 0 Å². The molecule has 0 aliphatic carbocycles. The number of hydrogen-bond donors (Lipinski definition) is 0. The van der Waals surface area contributed by atoms with Gasteiger partial charge in [-0.2, -0.15) is 4.98 Å². The van der Waals surface area contributed by atoms with Gasteiger partial charge in [-0.3, -0.25) is 4.57 Å². The van der Waals surface area contributed by atoms with Crippen LogP contribution in [0.15, 0.2) is 33.5 Å². The lowest BCUT2D eigenvalue weighted by atomic mass is 10.2. The van der Waals surface area contributed by atoms with Crippen molar-refractivity contribution >= 4 is 15.9 Å². The molecule has 0 N–H and O–H groups in total. The number of aromatic nitrogens is 2. The van der Waals surface area contributed by atoms with E-state index < -0.39 is 0 Å². The highest BCUT2D eigenvalue weighted by Crippen LogP contribution is 2.15. The Morgan fingerprint density at radius 3 is 2.61 bits per heavy atom. The molecule has 0 spiro atoms. The molecule has 1 heterocycles. The van der Waals surface area contributed by atoms with Crippen LogP contribution in [-0.2, 0) is 6.54 Å². The minimum Gasteiger partial charge on any atom is -0.292 e. The molecule has 18 heavy (non-hydrogen) atoms. The van der Waals surface area contributed by atoms with Crippen molar-refractivity contribution < 1.29 is 4.39 Å². The van der Waals surface area contributed by atoms with E-state index in [9.17, 15) is 9.18 Å². The Bertz CT molecular complexity index is 632. The predicted octanol–water partition coefficient (Wildman–Crippen LogP) is 2.81. The van der Waals surface area contributed by atoms with E-state index in [1.807, 2.05) is 13.0 Å². The Balaban J connectivity index is 2.43.